The number of hydrogen-bond acceptors (Lipinski definition) is 14. The monoisotopic (exact) mass is 793 g/mol. The number of H-pyrrole nitrogens is 1. The molecule has 3 aliphatic rings. The normalized spacial score (nSPS) is 36.7. The third-order valence-electron chi connectivity index (χ3n) is 7.56. The van der Waals surface area contributed by atoms with Crippen LogP contribution in [0.5, 0.6) is 0 Å². The minimum atomic E-state index is -4.44. The van der Waals surface area contributed by atoms with Crippen molar-refractivity contribution >= 4 is 101 Å². The van der Waals surface area contributed by atoms with Gasteiger partial charge >= 0.3 is 13.5 Å². The van der Waals surface area contributed by atoms with Crippen molar-refractivity contribution in [3.8, 4) is 0 Å². The van der Waals surface area contributed by atoms with E-state index in [1.165, 1.54) is 16.7 Å². The van der Waals surface area contributed by atoms with Crippen molar-refractivity contribution in [3.63, 3.8) is 0 Å². The number of anilines is 1. The van der Waals surface area contributed by atoms with Crippen molar-refractivity contribution in [2.24, 2.45) is 0 Å². The molecule has 7 rings (SSSR count). The predicted octanol–water partition coefficient (Wildman–Crippen LogP) is 3.28. The summed E-state index contributed by atoms with van der Waals surface area (Å²) in [4.78, 5) is 37.9. The molecule has 1 aromatic carbocycles. The average Bonchev–Trinajstić information content (AvgIpc) is 3.70. The van der Waals surface area contributed by atoms with Crippen molar-refractivity contribution in [3.05, 3.63) is 44.1 Å². The fraction of sp³-hybridized carbons (Fsp3) is 0.455. The smallest absolute Gasteiger partial charge is 0.386 e. The molecular weight excluding hydrogens is 774 g/mol. The fourth-order valence-electron chi connectivity index (χ4n) is 5.49. The number of aromatic amines is 1. The van der Waals surface area contributed by atoms with Gasteiger partial charge < -0.3 is 29.7 Å². The highest BCUT2D eigenvalue weighted by Gasteiger charge is 2.53. The first kappa shape index (κ1) is 34.0. The summed E-state index contributed by atoms with van der Waals surface area (Å²) in [5.74, 6) is -0.264. The van der Waals surface area contributed by atoms with Gasteiger partial charge in [-0.25, -0.2) is 18.9 Å². The topological polar surface area (TPSA) is 220 Å². The van der Waals surface area contributed by atoms with Crippen LogP contribution < -0.4 is 11.3 Å². The van der Waals surface area contributed by atoms with E-state index in [0.29, 0.717) is 11.0 Å². The molecule has 254 valence electrons. The summed E-state index contributed by atoms with van der Waals surface area (Å²) in [5.41, 5.74) is 5.35. The second kappa shape index (κ2) is 12.4. The first-order valence-corrected chi connectivity index (χ1v) is 19.7. The Kier molecular flexibility index (Phi) is 8.97. The van der Waals surface area contributed by atoms with Crippen LogP contribution in [0.25, 0.3) is 22.2 Å². The second-order valence-electron chi connectivity index (χ2n) is 10.5. The Labute approximate surface area is 287 Å². The van der Waals surface area contributed by atoms with Crippen molar-refractivity contribution in [2.45, 2.75) is 49.1 Å². The fourth-order valence-corrected chi connectivity index (χ4v) is 8.98. The number of ether oxygens (including phenoxy) is 2. The van der Waals surface area contributed by atoms with Crippen LogP contribution in [-0.4, -0.2) is 89.0 Å². The number of nitrogens with zero attached hydrogens (tertiary/aromatic N) is 5. The zero-order valence-corrected chi connectivity index (χ0v) is 28.8. The number of aliphatic hydroxyl groups is 1. The quantitative estimate of drug-likeness (QED) is 0.145. The molecule has 3 aromatic heterocycles. The number of thiol groups is 1. The van der Waals surface area contributed by atoms with Crippen LogP contribution in [0, 0.1) is 0 Å². The molecule has 3 saturated heterocycles. The minimum Gasteiger partial charge on any atom is -0.387 e. The van der Waals surface area contributed by atoms with Gasteiger partial charge in [-0.05, 0) is 35.5 Å². The first-order chi connectivity index (χ1) is 22.1. The van der Waals surface area contributed by atoms with Crippen molar-refractivity contribution in [1.82, 2.24) is 29.1 Å². The van der Waals surface area contributed by atoms with Crippen LogP contribution in [0.2, 0.25) is 15.3 Å². The molecule has 25 heteroatoms. The number of aliphatic hydroxyl groups excluding tert-OH is 1. The number of alkyl halides is 1. The van der Waals surface area contributed by atoms with E-state index >= 15 is 4.39 Å². The van der Waals surface area contributed by atoms with E-state index in [1.807, 2.05) is 0 Å². The molecule has 3 aliphatic heterocycles. The van der Waals surface area contributed by atoms with Crippen LogP contribution in [-0.2, 0) is 43.9 Å². The lowest BCUT2D eigenvalue weighted by molar-refractivity contribution is -0.0585. The maximum Gasteiger partial charge on any atom is 0.386 e. The molecule has 0 radical (unpaired) electrons. The summed E-state index contributed by atoms with van der Waals surface area (Å²) in [6.45, 7) is -10.1. The number of nitrogens with one attached hydrogen (secondary N) is 1. The van der Waals surface area contributed by atoms with Crippen LogP contribution in [0.15, 0.2) is 23.3 Å². The molecule has 6 heterocycles. The molecule has 10 atom stereocenters. The van der Waals surface area contributed by atoms with Gasteiger partial charge in [-0.15, -0.1) is 0 Å². The average molecular weight is 795 g/mol. The van der Waals surface area contributed by atoms with E-state index in [2.05, 4.69) is 32.2 Å². The molecule has 0 saturated carbocycles. The van der Waals surface area contributed by atoms with E-state index < -0.39 is 81.4 Å². The zero-order chi connectivity index (χ0) is 33.6. The highest BCUT2D eigenvalue weighted by Crippen LogP contribution is 2.58. The van der Waals surface area contributed by atoms with Gasteiger partial charge in [-0.2, -0.15) is 4.98 Å². The van der Waals surface area contributed by atoms with Crippen LogP contribution >= 0.6 is 60.6 Å². The molecule has 0 spiro atoms. The third-order valence-corrected chi connectivity index (χ3v) is 11.7. The molecule has 17 nitrogen and oxygen atoms in total. The minimum absolute atomic E-state index is 0.113. The summed E-state index contributed by atoms with van der Waals surface area (Å²) in [7, 11) is 0. The lowest BCUT2D eigenvalue weighted by Crippen LogP contribution is -2.35. The van der Waals surface area contributed by atoms with Crippen molar-refractivity contribution < 1.29 is 46.5 Å². The van der Waals surface area contributed by atoms with E-state index in [0.717, 1.165) is 10.9 Å². The summed E-state index contributed by atoms with van der Waals surface area (Å²) in [5, 5.41) is 11.5. The summed E-state index contributed by atoms with van der Waals surface area (Å²) in [6.07, 6.45) is -11.4. The van der Waals surface area contributed by atoms with Gasteiger partial charge in [0.2, 0.25) is 11.2 Å². The third kappa shape index (κ3) is 6.26. The zero-order valence-electron chi connectivity index (χ0n) is 23.0. The number of nitrogens with two attached hydrogens (primary N) is 1. The SMILES string of the molecule is Nc1nc2c(ncn2C2OC3COP(O)(=S)OC4C(O)C(COP(=O)(S)OC3C2F)OC4n2c(Cl)nc3cc(Cl)c(Cl)cc32)c(=O)[nH]1. The lowest BCUT2D eigenvalue weighted by Gasteiger charge is -2.28. The molecule has 4 aromatic rings. The number of halogens is 4. The van der Waals surface area contributed by atoms with E-state index in [1.54, 1.807) is 0 Å². The highest BCUT2D eigenvalue weighted by atomic mass is 35.5. The van der Waals surface area contributed by atoms with Crippen LogP contribution in [0.1, 0.15) is 12.5 Å². The van der Waals surface area contributed by atoms with Crippen LogP contribution in [0.4, 0.5) is 10.3 Å². The lowest BCUT2D eigenvalue weighted by atomic mass is 10.1. The number of rotatable bonds is 2. The molecule has 47 heavy (non-hydrogen) atoms. The summed E-state index contributed by atoms with van der Waals surface area (Å²) < 4.78 is 66.0. The molecule has 2 bridgehead atoms. The summed E-state index contributed by atoms with van der Waals surface area (Å²) in [6, 6.07) is 2.92. The number of imidazole rings is 2. The Hall–Kier alpha value is -1.45. The molecule has 0 amide bonds. The second-order valence-corrected chi connectivity index (χ2v) is 17.3. The number of aromatic nitrogens is 6. The van der Waals surface area contributed by atoms with Gasteiger partial charge in [0, 0.05) is 0 Å². The molecule has 5 N–H and O–H groups in total. The van der Waals surface area contributed by atoms with E-state index in [9.17, 15) is 19.4 Å². The van der Waals surface area contributed by atoms with Gasteiger partial charge in [0.1, 0.15) is 30.5 Å². The standard InChI is InChI=1S/C22H21Cl3FN7O10P2S2/c23-6-1-8-9(2-7(6)24)33(21(25)29-8)20-16-14(34)10(40-20)3-38-44(36,46)42-15-11(4-39-45(37,47)43-16)41-19(12(15)26)32-5-28-13-17(32)30-22(27)31-18(13)35/h1-2,5,10-12,14-16,19-20,34H,3-4H2,(H,36,46)(H,37,47)(H3,27,30,31,35). The Morgan fingerprint density at radius 3 is 2.55 bits per heavy atom. The Morgan fingerprint density at radius 1 is 1.09 bits per heavy atom. The van der Waals surface area contributed by atoms with Gasteiger partial charge in [-0.1, -0.05) is 35.5 Å². The van der Waals surface area contributed by atoms with Gasteiger partial charge in [0.05, 0.1) is 40.6 Å². The molecule has 10 unspecified atom stereocenters. The van der Waals surface area contributed by atoms with Crippen LogP contribution in [0.3, 0.4) is 0 Å². The molecule has 3 fully saturated rings. The Morgan fingerprint density at radius 2 is 1.79 bits per heavy atom. The Bertz CT molecular complexity index is 2060. The highest BCUT2D eigenvalue weighted by molar-refractivity contribution is 8.44. The van der Waals surface area contributed by atoms with Gasteiger partial charge in [0.15, 0.2) is 29.8 Å². The number of nitrogen functional groups attached to an aromatic ring is 1. The summed E-state index contributed by atoms with van der Waals surface area (Å²) >= 11 is 28.1. The predicted molar refractivity (Wildman–Crippen MR) is 171 cm³/mol. The Balaban J connectivity index is 1.22. The number of hydrogen-bond donors (Lipinski definition) is 5. The van der Waals surface area contributed by atoms with Gasteiger partial charge in [0.25, 0.3) is 5.56 Å². The van der Waals surface area contributed by atoms with E-state index in [4.69, 9.17) is 79.9 Å². The van der Waals surface area contributed by atoms with Crippen molar-refractivity contribution in [1.29, 1.82) is 0 Å². The maximum atomic E-state index is 16.1. The molecule has 0 aliphatic carbocycles. The molecular formula is C22H21Cl3FN7O10P2S2. The van der Waals surface area contributed by atoms with Crippen molar-refractivity contribution in [2.75, 3.05) is 18.9 Å². The maximum absolute atomic E-state index is 16.1. The largest absolute Gasteiger partial charge is 0.387 e. The van der Waals surface area contributed by atoms with Gasteiger partial charge in [-0.3, -0.25) is 32.5 Å². The number of benzene rings is 1. The number of fused-ring (bicyclic) bond motifs is 5. The first-order valence-electron chi connectivity index (χ1n) is 13.3. The van der Waals surface area contributed by atoms with E-state index in [-0.39, 0.29) is 32.4 Å².